The molecule has 2 aromatic carbocycles. The van der Waals surface area contributed by atoms with Gasteiger partial charge in [0.1, 0.15) is 12.2 Å². The predicted octanol–water partition coefficient (Wildman–Crippen LogP) is -7.49. The Bertz CT molecular complexity index is 1070. The molecule has 0 aliphatic carbocycles. The molecule has 0 amide bonds. The number of rotatable bonds is 16. The summed E-state index contributed by atoms with van der Waals surface area (Å²) in [5, 5.41) is 64.3. The molecular formula is C26H22Ca3O14. The van der Waals surface area contributed by atoms with Gasteiger partial charge in [-0.2, -0.15) is 0 Å². The Labute approximate surface area is 335 Å². The molecule has 0 spiro atoms. The molecule has 216 valence electrons. The smallest absolute Gasteiger partial charge is 0.550 e. The monoisotopic (exact) mass is 678 g/mol. The molecule has 0 fully saturated rings. The molecule has 2 rings (SSSR count). The number of carboxylic acids is 6. The number of carboxylic acid groups (broad SMARTS) is 6. The molecule has 4 atom stereocenters. The Morgan fingerprint density at radius 1 is 0.488 bits per heavy atom. The quantitative estimate of drug-likeness (QED) is 0.149. The SMILES string of the molecule is O=C([O-])CC(C(=O)[O-])C(OCc1ccccc1)C(=O)[O-].O=C([O-])CC(C(=O)[O-])C(OCc1ccccc1)C(=O)[O-].[Ca+2].[Ca+2].[Ca+2]. The van der Waals surface area contributed by atoms with E-state index in [4.69, 9.17) is 9.47 Å². The van der Waals surface area contributed by atoms with Gasteiger partial charge in [0.25, 0.3) is 0 Å². The van der Waals surface area contributed by atoms with Gasteiger partial charge in [-0.25, -0.2) is 0 Å². The Hall–Kier alpha value is -1.04. The normalized spacial score (nSPS) is 12.5. The van der Waals surface area contributed by atoms with Crippen LogP contribution in [0.5, 0.6) is 0 Å². The van der Waals surface area contributed by atoms with Gasteiger partial charge < -0.3 is 68.9 Å². The van der Waals surface area contributed by atoms with Gasteiger partial charge in [-0.3, -0.25) is 0 Å². The zero-order valence-corrected chi connectivity index (χ0v) is 29.4. The summed E-state index contributed by atoms with van der Waals surface area (Å²) in [4.78, 5) is 64.3. The molecule has 0 heterocycles. The molecule has 17 heteroatoms. The molecule has 0 saturated heterocycles. The summed E-state index contributed by atoms with van der Waals surface area (Å²) in [6.07, 6.45) is -5.93. The fraction of sp³-hybridized carbons (Fsp3) is 0.308. The van der Waals surface area contributed by atoms with Crippen LogP contribution in [0.4, 0.5) is 0 Å². The molecule has 0 radical (unpaired) electrons. The molecule has 0 aromatic heterocycles. The summed E-state index contributed by atoms with van der Waals surface area (Å²) >= 11 is 0. The van der Waals surface area contributed by atoms with E-state index in [0.29, 0.717) is 11.1 Å². The Kier molecular flexibility index (Phi) is 27.2. The minimum Gasteiger partial charge on any atom is -0.550 e. The van der Waals surface area contributed by atoms with Crippen LogP contribution in [-0.2, 0) is 51.5 Å². The minimum absolute atomic E-state index is 0. The van der Waals surface area contributed by atoms with E-state index in [1.165, 1.54) is 0 Å². The van der Waals surface area contributed by atoms with Gasteiger partial charge in [0.05, 0.1) is 25.2 Å². The van der Waals surface area contributed by atoms with Gasteiger partial charge in [-0.1, -0.05) is 60.7 Å². The van der Waals surface area contributed by atoms with Crippen LogP contribution in [0.2, 0.25) is 0 Å². The molecular weight excluding hydrogens is 657 g/mol. The van der Waals surface area contributed by atoms with Crippen LogP contribution in [0.15, 0.2) is 60.7 Å². The molecule has 0 N–H and O–H groups in total. The van der Waals surface area contributed by atoms with Crippen molar-refractivity contribution < 1.29 is 68.9 Å². The van der Waals surface area contributed by atoms with E-state index in [2.05, 4.69) is 0 Å². The molecule has 0 aliphatic rings. The number of aliphatic carboxylic acids is 6. The molecule has 4 unspecified atom stereocenters. The predicted molar refractivity (Wildman–Crippen MR) is 134 cm³/mol. The number of carbonyl (C=O) groups excluding carboxylic acids is 6. The molecule has 43 heavy (non-hydrogen) atoms. The van der Waals surface area contributed by atoms with E-state index in [9.17, 15) is 59.4 Å². The third kappa shape index (κ3) is 19.2. The average molecular weight is 679 g/mol. The molecule has 0 aliphatic heterocycles. The van der Waals surface area contributed by atoms with Crippen molar-refractivity contribution in [1.29, 1.82) is 0 Å². The number of carbonyl (C=O) groups is 6. The van der Waals surface area contributed by atoms with Crippen LogP contribution in [0.1, 0.15) is 24.0 Å². The van der Waals surface area contributed by atoms with Crippen LogP contribution in [0, 0.1) is 11.8 Å². The second-order valence-corrected chi connectivity index (χ2v) is 8.08. The molecule has 2 aromatic rings. The third-order valence-corrected chi connectivity index (χ3v) is 5.12. The van der Waals surface area contributed by atoms with E-state index in [1.807, 2.05) is 0 Å². The summed E-state index contributed by atoms with van der Waals surface area (Å²) in [6.45, 7) is -0.396. The van der Waals surface area contributed by atoms with Gasteiger partial charge >= 0.3 is 113 Å². The summed E-state index contributed by atoms with van der Waals surface area (Å²) in [5.41, 5.74) is 1.20. The summed E-state index contributed by atoms with van der Waals surface area (Å²) in [7, 11) is 0. The fourth-order valence-corrected chi connectivity index (χ4v) is 3.20. The number of benzene rings is 2. The standard InChI is InChI=1S/2C13H14O7.3Ca/c2*14-10(15)6-9(12(16)17)11(13(18)19)20-7-8-4-2-1-3-5-8;;;/h2*1-5,9,11H,6-7H2,(H,14,15)(H,16,17)(H,18,19);;;/q;;3*+2/p-6. The zero-order valence-electron chi connectivity index (χ0n) is 22.7. The molecule has 14 nitrogen and oxygen atoms in total. The maximum Gasteiger partial charge on any atom is 2.00 e. The van der Waals surface area contributed by atoms with Crippen LogP contribution >= 0.6 is 0 Å². The van der Waals surface area contributed by atoms with Crippen LogP contribution < -0.4 is 30.6 Å². The summed E-state index contributed by atoms with van der Waals surface area (Å²) < 4.78 is 9.88. The Morgan fingerprint density at radius 3 is 0.977 bits per heavy atom. The van der Waals surface area contributed by atoms with Crippen molar-refractivity contribution in [3.05, 3.63) is 71.8 Å². The first-order valence-corrected chi connectivity index (χ1v) is 11.4. The second kappa shape index (κ2) is 25.2. The summed E-state index contributed by atoms with van der Waals surface area (Å²) in [5.74, 6) is -14.5. The maximum absolute atomic E-state index is 10.9. The van der Waals surface area contributed by atoms with E-state index in [1.54, 1.807) is 60.7 Å². The van der Waals surface area contributed by atoms with Crippen molar-refractivity contribution in [3.8, 4) is 0 Å². The average Bonchev–Trinajstić information content (AvgIpc) is 2.88. The van der Waals surface area contributed by atoms with Crippen LogP contribution in [0.25, 0.3) is 0 Å². The van der Waals surface area contributed by atoms with E-state index in [-0.39, 0.29) is 126 Å². The van der Waals surface area contributed by atoms with Crippen LogP contribution in [-0.4, -0.2) is 161 Å². The first-order valence-electron chi connectivity index (χ1n) is 11.4. The van der Waals surface area contributed by atoms with Gasteiger partial charge in [-0.15, -0.1) is 0 Å². The number of ether oxygens (including phenoxy) is 2. The zero-order chi connectivity index (χ0) is 30.2. The van der Waals surface area contributed by atoms with E-state index in [0.717, 1.165) is 0 Å². The maximum atomic E-state index is 10.9. The van der Waals surface area contributed by atoms with Gasteiger partial charge in [0.15, 0.2) is 0 Å². The first-order chi connectivity index (χ1) is 18.8. The van der Waals surface area contributed by atoms with E-state index < -0.39 is 72.7 Å². The van der Waals surface area contributed by atoms with Gasteiger partial charge in [0, 0.05) is 35.7 Å². The minimum atomic E-state index is -1.93. The van der Waals surface area contributed by atoms with Crippen molar-refractivity contribution >= 4 is 149 Å². The van der Waals surface area contributed by atoms with Crippen molar-refractivity contribution in [2.45, 2.75) is 38.3 Å². The third-order valence-electron chi connectivity index (χ3n) is 5.12. The topological polar surface area (TPSA) is 259 Å². The Balaban J connectivity index is -0.000000696. The largest absolute Gasteiger partial charge is 2.00 e. The van der Waals surface area contributed by atoms with E-state index >= 15 is 0 Å². The van der Waals surface area contributed by atoms with Crippen molar-refractivity contribution in [2.24, 2.45) is 11.8 Å². The second-order valence-electron chi connectivity index (χ2n) is 8.08. The number of hydrogen-bond donors (Lipinski definition) is 0. The van der Waals surface area contributed by atoms with Gasteiger partial charge in [0.2, 0.25) is 0 Å². The van der Waals surface area contributed by atoms with Crippen LogP contribution in [0.3, 0.4) is 0 Å². The number of hydrogen-bond acceptors (Lipinski definition) is 14. The Morgan fingerprint density at radius 2 is 0.767 bits per heavy atom. The summed E-state index contributed by atoms with van der Waals surface area (Å²) in [6, 6.07) is 16.8. The molecule has 0 saturated carbocycles. The fourth-order valence-electron chi connectivity index (χ4n) is 3.20. The van der Waals surface area contributed by atoms with Crippen molar-refractivity contribution in [1.82, 2.24) is 0 Å². The molecule has 0 bridgehead atoms. The van der Waals surface area contributed by atoms with Crippen molar-refractivity contribution in [3.63, 3.8) is 0 Å². The van der Waals surface area contributed by atoms with Crippen molar-refractivity contribution in [2.75, 3.05) is 0 Å². The van der Waals surface area contributed by atoms with Gasteiger partial charge in [-0.05, 0) is 24.0 Å². The first kappa shape index (κ1) is 46.4.